The summed E-state index contributed by atoms with van der Waals surface area (Å²) in [5.74, 6) is -34.2. The summed E-state index contributed by atoms with van der Waals surface area (Å²) in [4.78, 5) is 83.2. The Hall–Kier alpha value is -8.92. The van der Waals surface area contributed by atoms with Crippen molar-refractivity contribution in [2.45, 2.75) is 48.2 Å². The van der Waals surface area contributed by atoms with Crippen molar-refractivity contribution < 1.29 is 133 Å². The van der Waals surface area contributed by atoms with Crippen molar-refractivity contribution in [2.75, 3.05) is 6.61 Å². The number of aliphatic hydroxyl groups is 3. The van der Waals surface area contributed by atoms with Crippen LogP contribution in [0.5, 0.6) is 69.0 Å². The van der Waals surface area contributed by atoms with Gasteiger partial charge in [-0.05, 0) is 48.5 Å². The van der Waals surface area contributed by atoms with Gasteiger partial charge in [0, 0.05) is 5.56 Å². The molecular formula is C41H30O27. The van der Waals surface area contributed by atoms with Crippen LogP contribution in [0.25, 0.3) is 0 Å². The molecule has 68 heavy (non-hydrogen) atoms. The predicted molar refractivity (Wildman–Crippen MR) is 205 cm³/mol. The summed E-state index contributed by atoms with van der Waals surface area (Å²) in [6, 6.07) is 3.66. The largest absolute Gasteiger partial charge is 0.504 e. The van der Waals surface area contributed by atoms with Gasteiger partial charge < -0.3 is 105 Å². The number of esters is 5. The SMILES string of the molecule is O=C1OC[C@H]2O[C@@H](OC(=O)c3cc(O)c(O)c(O)c3)[C@H](OC(=O)c3cc(O)c(O)c(O)c3)[C@@H](OC(=O)c3cc(O)c(O)c(O)c3)[C@@H]2OC(=O)c2cc(O)c(O)c3c2[C@H]2C1=CC(=O)[C@@](O)(O3)C2(O)O. The minimum atomic E-state index is -3.90. The average Bonchev–Trinajstić information content (AvgIpc) is 3.28. The summed E-state index contributed by atoms with van der Waals surface area (Å²) in [6.07, 6.45) is -12.0. The van der Waals surface area contributed by atoms with Gasteiger partial charge in [-0.3, -0.25) is 4.79 Å². The molecule has 27 nitrogen and oxygen atoms in total. The predicted octanol–water partition coefficient (Wildman–Crippen LogP) is -1.08. The number of ketones is 1. The van der Waals surface area contributed by atoms with Gasteiger partial charge >= 0.3 is 35.6 Å². The summed E-state index contributed by atoms with van der Waals surface area (Å²) < 4.78 is 38.6. The molecule has 4 aromatic carbocycles. The molecule has 0 radical (unpaired) electrons. The van der Waals surface area contributed by atoms with E-state index in [0.717, 1.165) is 0 Å². The van der Waals surface area contributed by atoms with Crippen LogP contribution in [0.1, 0.15) is 52.9 Å². The van der Waals surface area contributed by atoms with Gasteiger partial charge in [0.15, 0.2) is 75.5 Å². The van der Waals surface area contributed by atoms with E-state index in [1.54, 1.807) is 0 Å². The van der Waals surface area contributed by atoms with Gasteiger partial charge in [-0.15, -0.1) is 0 Å². The molecule has 0 spiro atoms. The molecule has 27 heteroatoms. The van der Waals surface area contributed by atoms with Gasteiger partial charge in [0.2, 0.25) is 23.9 Å². The molecule has 1 aliphatic carbocycles. The van der Waals surface area contributed by atoms with Crippen LogP contribution in [0.4, 0.5) is 0 Å². The molecule has 8 rings (SSSR count). The second-order valence-corrected chi connectivity index (χ2v) is 15.1. The third kappa shape index (κ3) is 7.18. The van der Waals surface area contributed by atoms with Crippen molar-refractivity contribution in [3.63, 3.8) is 0 Å². The van der Waals surface area contributed by atoms with Crippen molar-refractivity contribution in [3.8, 4) is 69.0 Å². The van der Waals surface area contributed by atoms with Gasteiger partial charge in [0.05, 0.1) is 33.7 Å². The lowest BCUT2D eigenvalue weighted by Gasteiger charge is -2.49. The second-order valence-electron chi connectivity index (χ2n) is 15.1. The molecule has 14 N–H and O–H groups in total. The van der Waals surface area contributed by atoms with Crippen molar-refractivity contribution >= 4 is 35.6 Å². The fourth-order valence-corrected chi connectivity index (χ4v) is 7.59. The highest BCUT2D eigenvalue weighted by atomic mass is 16.7. The maximum Gasteiger partial charge on any atom is 0.340 e. The third-order valence-electron chi connectivity index (χ3n) is 10.9. The molecule has 1 saturated heterocycles. The molecule has 0 amide bonds. The topological polar surface area (TPSA) is 450 Å². The standard InChI is InChI=1S/C41H30O27/c42-15-1-10(2-16(43)26(15)50)34(54)65-32-30-22(9-62-37(57)14-8-23(49)41(61)40(59,60)25(14)24-13(38(58)64-30)7-21(48)29(53)31(24)68-41)63-39(67-36(56)12-5-19(46)28(52)20(47)6-12)33(32)66-35(55)11-3-17(44)27(51)18(45)4-11/h1-8,22,25,30,32-33,39,42-48,50-53,59-61H,9H2/t22-,25-,30-,32+,33-,39+,41-/m1/s1. The number of phenols is 11. The molecule has 0 unspecified atom stereocenters. The molecule has 7 atom stereocenters. The van der Waals surface area contributed by atoms with Crippen LogP contribution in [0.3, 0.4) is 0 Å². The number of phenolic OH excluding ortho intramolecular Hbond substituents is 11. The number of cyclic esters (lactones) is 1. The number of hydrogen-bond acceptors (Lipinski definition) is 27. The quantitative estimate of drug-likeness (QED) is 0.0473. The number of carbonyl (C=O) groups excluding carboxylic acids is 6. The molecule has 1 fully saturated rings. The van der Waals surface area contributed by atoms with Crippen molar-refractivity contribution in [2.24, 2.45) is 0 Å². The highest BCUT2D eigenvalue weighted by Crippen LogP contribution is 2.58. The van der Waals surface area contributed by atoms with Crippen LogP contribution < -0.4 is 4.74 Å². The highest BCUT2D eigenvalue weighted by molar-refractivity contribution is 6.08. The molecular weight excluding hydrogens is 924 g/mol. The lowest BCUT2D eigenvalue weighted by molar-refractivity contribution is -0.339. The number of fused-ring (bicyclic) bond motifs is 2. The second kappa shape index (κ2) is 15.9. The first-order chi connectivity index (χ1) is 31.8. The van der Waals surface area contributed by atoms with E-state index in [1.165, 1.54) is 0 Å². The van der Waals surface area contributed by atoms with Crippen molar-refractivity contribution in [1.29, 1.82) is 0 Å². The lowest BCUT2D eigenvalue weighted by atomic mass is 9.70. The van der Waals surface area contributed by atoms with E-state index in [2.05, 4.69) is 0 Å². The Balaban J connectivity index is 1.32. The normalized spacial score (nSPS) is 24.6. The van der Waals surface area contributed by atoms with E-state index in [9.17, 15) is 100 Å². The lowest BCUT2D eigenvalue weighted by Crippen LogP contribution is -2.70. The Morgan fingerprint density at radius 3 is 1.50 bits per heavy atom. The van der Waals surface area contributed by atoms with E-state index in [0.29, 0.717) is 48.5 Å². The summed E-state index contributed by atoms with van der Waals surface area (Å²) in [5, 5.41) is 146. The zero-order chi connectivity index (χ0) is 49.6. The van der Waals surface area contributed by atoms with Crippen LogP contribution in [0, 0.1) is 0 Å². The number of benzene rings is 4. The van der Waals surface area contributed by atoms with Crippen LogP contribution in [-0.4, -0.2) is 156 Å². The monoisotopic (exact) mass is 954 g/mol. The zero-order valence-electron chi connectivity index (χ0n) is 33.4. The first-order valence-corrected chi connectivity index (χ1v) is 19.0. The minimum Gasteiger partial charge on any atom is -0.504 e. The smallest absolute Gasteiger partial charge is 0.340 e. The van der Waals surface area contributed by atoms with Gasteiger partial charge in [-0.25, -0.2) is 24.0 Å². The van der Waals surface area contributed by atoms with E-state index in [1.807, 2.05) is 0 Å². The zero-order valence-corrected chi connectivity index (χ0v) is 33.4. The molecule has 0 saturated carbocycles. The molecule has 4 aromatic rings. The van der Waals surface area contributed by atoms with Crippen molar-refractivity contribution in [3.05, 3.63) is 81.9 Å². The van der Waals surface area contributed by atoms with Gasteiger partial charge in [0.1, 0.15) is 12.7 Å². The molecule has 0 aromatic heterocycles. The van der Waals surface area contributed by atoms with E-state index in [-0.39, 0.29) is 0 Å². The number of aromatic hydroxyl groups is 11. The molecule has 4 aliphatic rings. The fourth-order valence-electron chi connectivity index (χ4n) is 7.59. The summed E-state index contributed by atoms with van der Waals surface area (Å²) in [7, 11) is 0. The number of ether oxygens (including phenoxy) is 7. The Morgan fingerprint density at radius 1 is 0.574 bits per heavy atom. The van der Waals surface area contributed by atoms with Crippen LogP contribution >= 0.6 is 0 Å². The summed E-state index contributed by atoms with van der Waals surface area (Å²) in [5.41, 5.74) is -5.52. The molecule has 3 heterocycles. The number of hydrogen-bond donors (Lipinski definition) is 14. The van der Waals surface area contributed by atoms with Gasteiger partial charge in [-0.2, -0.15) is 0 Å². The average molecular weight is 955 g/mol. The maximum atomic E-state index is 14.5. The molecule has 3 aliphatic heterocycles. The summed E-state index contributed by atoms with van der Waals surface area (Å²) in [6.45, 7) is -1.30. The van der Waals surface area contributed by atoms with Crippen LogP contribution in [-0.2, 0) is 38.0 Å². The van der Waals surface area contributed by atoms with E-state index in [4.69, 9.17) is 33.2 Å². The molecule has 356 valence electrons. The van der Waals surface area contributed by atoms with Crippen molar-refractivity contribution in [1.82, 2.24) is 0 Å². The third-order valence-corrected chi connectivity index (χ3v) is 10.9. The minimum absolute atomic E-state index is 0.325. The fraction of sp³-hybridized carbons (Fsp3) is 0.220. The maximum absolute atomic E-state index is 14.5. The Kier molecular flexibility index (Phi) is 10.7. The van der Waals surface area contributed by atoms with Gasteiger partial charge in [-0.1, -0.05) is 0 Å². The highest BCUT2D eigenvalue weighted by Gasteiger charge is 2.70. The Bertz CT molecular complexity index is 2870. The van der Waals surface area contributed by atoms with E-state index >= 15 is 0 Å². The molecule has 2 bridgehead atoms. The van der Waals surface area contributed by atoms with E-state index < -0.39 is 193 Å². The first kappa shape index (κ1) is 45.6. The van der Waals surface area contributed by atoms with Crippen LogP contribution in [0.15, 0.2) is 54.1 Å². The number of rotatable bonds is 6. The Labute approximate surface area is 374 Å². The summed E-state index contributed by atoms with van der Waals surface area (Å²) >= 11 is 0. The van der Waals surface area contributed by atoms with Gasteiger partial charge in [0.25, 0.3) is 5.79 Å². The first-order valence-electron chi connectivity index (χ1n) is 19.0. The number of carbonyl (C=O) groups is 6. The Morgan fingerprint density at radius 2 is 1.01 bits per heavy atom. The van der Waals surface area contributed by atoms with Crippen LogP contribution in [0.2, 0.25) is 0 Å².